The molecule has 0 bridgehead atoms. The summed E-state index contributed by atoms with van der Waals surface area (Å²) in [5, 5.41) is 16.8. The molecule has 0 amide bonds. The van der Waals surface area contributed by atoms with E-state index in [0.717, 1.165) is 15.0 Å². The molecular weight excluding hydrogens is 290 g/mol. The lowest BCUT2D eigenvalue weighted by atomic mass is 10.1. The SMILES string of the molecule is CN(C)c1nnc(SC(CC(=N)N)c2ccccc2)s1. The van der Waals surface area contributed by atoms with Crippen LogP contribution in [0.5, 0.6) is 0 Å². The van der Waals surface area contributed by atoms with Crippen molar-refractivity contribution in [3.05, 3.63) is 35.9 Å². The van der Waals surface area contributed by atoms with Gasteiger partial charge in [-0.2, -0.15) is 0 Å². The molecule has 0 spiro atoms. The van der Waals surface area contributed by atoms with E-state index in [0.29, 0.717) is 6.42 Å². The first-order valence-electron chi connectivity index (χ1n) is 6.11. The Labute approximate surface area is 126 Å². The van der Waals surface area contributed by atoms with Crippen LogP contribution in [0.25, 0.3) is 0 Å². The van der Waals surface area contributed by atoms with Crippen LogP contribution < -0.4 is 10.6 Å². The normalized spacial score (nSPS) is 12.1. The number of thioether (sulfide) groups is 1. The van der Waals surface area contributed by atoms with Crippen LogP contribution in [0.1, 0.15) is 17.2 Å². The summed E-state index contributed by atoms with van der Waals surface area (Å²) in [6, 6.07) is 10.1. The number of amidine groups is 1. The van der Waals surface area contributed by atoms with Gasteiger partial charge in [-0.1, -0.05) is 53.4 Å². The number of anilines is 1. The molecular formula is C13H17N5S2. The van der Waals surface area contributed by atoms with Gasteiger partial charge in [-0.15, -0.1) is 10.2 Å². The summed E-state index contributed by atoms with van der Waals surface area (Å²) in [6.07, 6.45) is 0.506. The van der Waals surface area contributed by atoms with Gasteiger partial charge in [-0.05, 0) is 5.56 Å². The Bertz CT molecular complexity index is 567. The third-order valence-corrected chi connectivity index (χ3v) is 5.03. The summed E-state index contributed by atoms with van der Waals surface area (Å²) >= 11 is 3.15. The number of nitrogens with one attached hydrogen (secondary N) is 1. The van der Waals surface area contributed by atoms with Crippen LogP contribution in [-0.4, -0.2) is 30.1 Å². The average molecular weight is 307 g/mol. The Balaban J connectivity index is 2.17. The lowest BCUT2D eigenvalue weighted by molar-refractivity contribution is 0.951. The highest BCUT2D eigenvalue weighted by Gasteiger charge is 2.17. The van der Waals surface area contributed by atoms with Gasteiger partial charge in [0.15, 0.2) is 4.34 Å². The second kappa shape index (κ2) is 6.71. The number of nitrogens with zero attached hydrogens (tertiary/aromatic N) is 3. The minimum Gasteiger partial charge on any atom is -0.388 e. The predicted molar refractivity (Wildman–Crippen MR) is 85.8 cm³/mol. The lowest BCUT2D eigenvalue weighted by Crippen LogP contribution is -2.13. The molecule has 1 aromatic heterocycles. The number of aromatic nitrogens is 2. The maximum absolute atomic E-state index is 7.54. The molecule has 3 N–H and O–H groups in total. The predicted octanol–water partition coefficient (Wildman–Crippen LogP) is 2.76. The molecule has 0 saturated carbocycles. The summed E-state index contributed by atoms with van der Waals surface area (Å²) in [5.74, 6) is 0.184. The first-order valence-corrected chi connectivity index (χ1v) is 7.81. The highest BCUT2D eigenvalue weighted by Crippen LogP contribution is 2.40. The van der Waals surface area contributed by atoms with Crippen LogP contribution in [0.4, 0.5) is 5.13 Å². The largest absolute Gasteiger partial charge is 0.388 e. The van der Waals surface area contributed by atoms with Crippen LogP contribution in [0, 0.1) is 5.41 Å². The van der Waals surface area contributed by atoms with Crippen LogP contribution in [0.2, 0.25) is 0 Å². The van der Waals surface area contributed by atoms with E-state index in [2.05, 4.69) is 22.3 Å². The van der Waals surface area contributed by atoms with Crippen molar-refractivity contribution in [2.24, 2.45) is 5.73 Å². The van der Waals surface area contributed by atoms with E-state index in [-0.39, 0.29) is 11.1 Å². The summed E-state index contributed by atoms with van der Waals surface area (Å²) in [7, 11) is 3.89. The Morgan fingerprint density at radius 2 is 2.05 bits per heavy atom. The highest BCUT2D eigenvalue weighted by atomic mass is 32.2. The molecule has 20 heavy (non-hydrogen) atoms. The lowest BCUT2D eigenvalue weighted by Gasteiger charge is -2.14. The van der Waals surface area contributed by atoms with Crippen molar-refractivity contribution in [3.8, 4) is 0 Å². The molecule has 0 saturated heterocycles. The minimum absolute atomic E-state index is 0.0941. The Morgan fingerprint density at radius 3 is 2.60 bits per heavy atom. The van der Waals surface area contributed by atoms with Gasteiger partial charge >= 0.3 is 0 Å². The smallest absolute Gasteiger partial charge is 0.208 e. The first-order chi connectivity index (χ1) is 9.56. The van der Waals surface area contributed by atoms with E-state index in [9.17, 15) is 0 Å². The molecule has 0 aliphatic rings. The van der Waals surface area contributed by atoms with Crippen LogP contribution in [0.3, 0.4) is 0 Å². The fourth-order valence-electron chi connectivity index (χ4n) is 1.65. The number of hydrogen-bond acceptors (Lipinski definition) is 6. The summed E-state index contributed by atoms with van der Waals surface area (Å²) in [6.45, 7) is 0. The summed E-state index contributed by atoms with van der Waals surface area (Å²) in [5.41, 5.74) is 6.71. The molecule has 5 nitrogen and oxygen atoms in total. The number of benzene rings is 1. The van der Waals surface area contributed by atoms with E-state index in [1.54, 1.807) is 23.1 Å². The molecule has 0 aliphatic carbocycles. The van der Waals surface area contributed by atoms with Crippen molar-refractivity contribution in [3.63, 3.8) is 0 Å². The second-order valence-electron chi connectivity index (χ2n) is 4.49. The number of nitrogens with two attached hydrogens (primary N) is 1. The standard InChI is InChI=1S/C13H17N5S2/c1-18(2)12-16-17-13(20-12)19-10(8-11(14)15)9-6-4-3-5-7-9/h3-7,10H,8H2,1-2H3,(H3,14,15). The van der Waals surface area contributed by atoms with E-state index < -0.39 is 0 Å². The van der Waals surface area contributed by atoms with Crippen molar-refractivity contribution < 1.29 is 0 Å². The molecule has 1 aromatic carbocycles. The fraction of sp³-hybridized carbons (Fsp3) is 0.308. The van der Waals surface area contributed by atoms with Crippen molar-refractivity contribution in [1.82, 2.24) is 10.2 Å². The van der Waals surface area contributed by atoms with Gasteiger partial charge in [0.25, 0.3) is 0 Å². The Kier molecular flexibility index (Phi) is 4.97. The zero-order valence-electron chi connectivity index (χ0n) is 11.4. The first kappa shape index (κ1) is 14.8. The van der Waals surface area contributed by atoms with Gasteiger partial charge in [-0.25, -0.2) is 0 Å². The van der Waals surface area contributed by atoms with Gasteiger partial charge in [0.1, 0.15) is 0 Å². The maximum atomic E-state index is 7.54. The van der Waals surface area contributed by atoms with E-state index in [1.165, 1.54) is 0 Å². The topological polar surface area (TPSA) is 78.9 Å². The van der Waals surface area contributed by atoms with Gasteiger partial charge in [0.05, 0.1) is 5.84 Å². The molecule has 0 radical (unpaired) electrons. The molecule has 1 atom stereocenters. The maximum Gasteiger partial charge on any atom is 0.208 e. The van der Waals surface area contributed by atoms with Gasteiger partial charge in [0, 0.05) is 25.8 Å². The molecule has 0 fully saturated rings. The average Bonchev–Trinajstić information content (AvgIpc) is 2.87. The molecule has 7 heteroatoms. The van der Waals surface area contributed by atoms with Crippen LogP contribution in [-0.2, 0) is 0 Å². The minimum atomic E-state index is 0.0941. The fourth-order valence-corrected chi connectivity index (χ4v) is 3.80. The van der Waals surface area contributed by atoms with Gasteiger partial charge in [-0.3, -0.25) is 5.41 Å². The van der Waals surface area contributed by atoms with Crippen LogP contribution in [0.15, 0.2) is 34.7 Å². The Morgan fingerprint density at radius 1 is 1.35 bits per heavy atom. The van der Waals surface area contributed by atoms with Crippen LogP contribution >= 0.6 is 23.1 Å². The molecule has 0 aliphatic heterocycles. The molecule has 2 rings (SSSR count). The molecule has 1 unspecified atom stereocenters. The zero-order valence-corrected chi connectivity index (χ0v) is 13.0. The summed E-state index contributed by atoms with van der Waals surface area (Å²) < 4.78 is 0.892. The third kappa shape index (κ3) is 3.94. The van der Waals surface area contributed by atoms with Crippen molar-refractivity contribution in [1.29, 1.82) is 5.41 Å². The number of hydrogen-bond donors (Lipinski definition) is 2. The summed E-state index contributed by atoms with van der Waals surface area (Å²) in [4.78, 5) is 1.93. The van der Waals surface area contributed by atoms with Crippen molar-refractivity contribution in [2.75, 3.05) is 19.0 Å². The van der Waals surface area contributed by atoms with E-state index >= 15 is 0 Å². The van der Waals surface area contributed by atoms with Crippen molar-refractivity contribution >= 4 is 34.1 Å². The van der Waals surface area contributed by atoms with Gasteiger partial charge < -0.3 is 10.6 Å². The molecule has 1 heterocycles. The third-order valence-electron chi connectivity index (χ3n) is 2.60. The number of rotatable bonds is 6. The highest BCUT2D eigenvalue weighted by molar-refractivity contribution is 8.01. The zero-order chi connectivity index (χ0) is 14.5. The Hall–Kier alpha value is -1.60. The van der Waals surface area contributed by atoms with Gasteiger partial charge in [0.2, 0.25) is 5.13 Å². The second-order valence-corrected chi connectivity index (χ2v) is 6.90. The van der Waals surface area contributed by atoms with E-state index in [1.807, 2.05) is 37.2 Å². The van der Waals surface area contributed by atoms with Crippen molar-refractivity contribution in [2.45, 2.75) is 16.0 Å². The quantitative estimate of drug-likeness (QED) is 0.487. The van der Waals surface area contributed by atoms with E-state index in [4.69, 9.17) is 11.1 Å². The molecule has 2 aromatic rings. The molecule has 106 valence electrons. The monoisotopic (exact) mass is 307 g/mol.